The summed E-state index contributed by atoms with van der Waals surface area (Å²) in [6, 6.07) is 9.18. The molecule has 3 heterocycles. The highest BCUT2D eigenvalue weighted by Gasteiger charge is 2.41. The molecule has 0 aliphatic heterocycles. The predicted molar refractivity (Wildman–Crippen MR) is 125 cm³/mol. The molecule has 0 unspecified atom stereocenters. The van der Waals surface area contributed by atoms with Crippen LogP contribution >= 0.6 is 11.6 Å². The van der Waals surface area contributed by atoms with E-state index in [2.05, 4.69) is 21.0 Å². The molecule has 9 nitrogen and oxygen atoms in total. The molecule has 3 aromatic heterocycles. The van der Waals surface area contributed by atoms with E-state index in [-0.39, 0.29) is 12.0 Å². The molecule has 5 rings (SSSR count). The Balaban J connectivity index is 1.66. The second kappa shape index (κ2) is 8.39. The van der Waals surface area contributed by atoms with E-state index in [1.807, 2.05) is 11.5 Å². The van der Waals surface area contributed by atoms with Gasteiger partial charge in [0, 0.05) is 18.0 Å². The van der Waals surface area contributed by atoms with Crippen LogP contribution in [0.3, 0.4) is 0 Å². The Bertz CT molecular complexity index is 1470. The van der Waals surface area contributed by atoms with Gasteiger partial charge in [-0.1, -0.05) is 17.7 Å². The number of primary amides is 1. The van der Waals surface area contributed by atoms with Crippen molar-refractivity contribution < 1.29 is 9.53 Å². The third-order valence-corrected chi connectivity index (χ3v) is 6.03. The number of imidazole rings is 1. The van der Waals surface area contributed by atoms with Crippen molar-refractivity contribution in [2.24, 2.45) is 5.73 Å². The summed E-state index contributed by atoms with van der Waals surface area (Å²) in [7, 11) is 0. The van der Waals surface area contributed by atoms with Gasteiger partial charge >= 0.3 is 0 Å². The van der Waals surface area contributed by atoms with Crippen LogP contribution in [0, 0.1) is 11.3 Å². The number of carbonyl (C=O) groups excluding carboxylic acids is 1. The third kappa shape index (κ3) is 4.28. The van der Waals surface area contributed by atoms with Crippen LogP contribution in [0.15, 0.2) is 43.0 Å². The molecule has 1 aromatic carbocycles. The quantitative estimate of drug-likeness (QED) is 0.434. The Morgan fingerprint density at radius 1 is 1.26 bits per heavy atom. The van der Waals surface area contributed by atoms with Gasteiger partial charge in [-0.2, -0.15) is 10.2 Å². The fourth-order valence-electron chi connectivity index (χ4n) is 3.73. The molecule has 0 radical (unpaired) electrons. The fourth-order valence-corrected chi connectivity index (χ4v) is 4.01. The van der Waals surface area contributed by atoms with E-state index in [0.29, 0.717) is 51.1 Å². The van der Waals surface area contributed by atoms with Crippen LogP contribution in [0.25, 0.3) is 22.6 Å². The minimum absolute atomic E-state index is 0.0884. The molecule has 2 N–H and O–H groups in total. The summed E-state index contributed by atoms with van der Waals surface area (Å²) in [6.45, 7) is 2.38. The van der Waals surface area contributed by atoms with Gasteiger partial charge in [-0.3, -0.25) is 9.78 Å². The molecule has 170 valence electrons. The minimum Gasteiger partial charge on any atom is -0.470 e. The second-order valence-corrected chi connectivity index (χ2v) is 8.98. The third-order valence-electron chi connectivity index (χ3n) is 5.71. The molecule has 1 amide bonds. The zero-order valence-electron chi connectivity index (χ0n) is 18.3. The van der Waals surface area contributed by atoms with Crippen molar-refractivity contribution in [3.63, 3.8) is 0 Å². The lowest BCUT2D eigenvalue weighted by Gasteiger charge is -2.12. The van der Waals surface area contributed by atoms with Crippen LogP contribution in [-0.2, 0) is 17.8 Å². The monoisotopic (exact) mass is 473 g/mol. The van der Waals surface area contributed by atoms with Crippen LogP contribution in [0.1, 0.15) is 36.5 Å². The van der Waals surface area contributed by atoms with Crippen molar-refractivity contribution in [2.75, 3.05) is 0 Å². The zero-order valence-corrected chi connectivity index (χ0v) is 19.1. The number of pyridine rings is 1. The Labute approximate surface area is 200 Å². The molecule has 1 aliphatic rings. The molecule has 34 heavy (non-hydrogen) atoms. The summed E-state index contributed by atoms with van der Waals surface area (Å²) in [4.78, 5) is 29.1. The van der Waals surface area contributed by atoms with Crippen LogP contribution in [0.4, 0.5) is 0 Å². The van der Waals surface area contributed by atoms with E-state index in [0.717, 1.165) is 18.4 Å². The number of nitriles is 1. The summed E-state index contributed by atoms with van der Waals surface area (Å²) in [5.41, 5.74) is 8.79. The molecule has 0 spiro atoms. The molecule has 4 aromatic rings. The van der Waals surface area contributed by atoms with Gasteiger partial charge < -0.3 is 15.0 Å². The van der Waals surface area contributed by atoms with Crippen molar-refractivity contribution in [3.8, 4) is 23.3 Å². The summed E-state index contributed by atoms with van der Waals surface area (Å²) in [6.07, 6.45) is 6.64. The maximum Gasteiger partial charge on any atom is 0.245 e. The summed E-state index contributed by atoms with van der Waals surface area (Å²) < 4.78 is 8.04. The zero-order chi connectivity index (χ0) is 23.9. The van der Waals surface area contributed by atoms with Crippen LogP contribution in [0.2, 0.25) is 5.02 Å². The van der Waals surface area contributed by atoms with Crippen LogP contribution < -0.4 is 10.5 Å². The van der Waals surface area contributed by atoms with Gasteiger partial charge in [0.15, 0.2) is 11.2 Å². The normalized spacial score (nSPS) is 14.0. The number of hydrogen-bond donors (Lipinski definition) is 1. The number of benzene rings is 1. The molecule has 1 saturated carbocycles. The molecule has 0 bridgehead atoms. The van der Waals surface area contributed by atoms with E-state index < -0.39 is 5.91 Å². The number of carbonyl (C=O) groups is 1. The molecule has 0 atom stereocenters. The molecule has 1 fully saturated rings. The first-order valence-electron chi connectivity index (χ1n) is 10.7. The van der Waals surface area contributed by atoms with Gasteiger partial charge in [-0.15, -0.1) is 0 Å². The van der Waals surface area contributed by atoms with E-state index in [1.54, 1.807) is 30.5 Å². The smallest absolute Gasteiger partial charge is 0.245 e. The Hall–Kier alpha value is -4.03. The van der Waals surface area contributed by atoms with Gasteiger partial charge in [0.05, 0.1) is 23.6 Å². The fraction of sp³-hybridized carbons (Fsp3) is 0.250. The highest BCUT2D eigenvalue weighted by atomic mass is 35.5. The lowest BCUT2D eigenvalue weighted by atomic mass is 10.1. The van der Waals surface area contributed by atoms with Crippen molar-refractivity contribution in [1.29, 1.82) is 5.26 Å². The summed E-state index contributed by atoms with van der Waals surface area (Å²) >= 11 is 6.63. The van der Waals surface area contributed by atoms with Crippen molar-refractivity contribution in [2.45, 2.75) is 38.3 Å². The first-order valence-corrected chi connectivity index (χ1v) is 11.0. The first kappa shape index (κ1) is 21.8. The molecule has 1 aliphatic carbocycles. The number of nitrogens with two attached hydrogens (primary N) is 1. The lowest BCUT2D eigenvalue weighted by Crippen LogP contribution is -2.13. The number of ether oxygens (including phenoxy) is 1. The highest BCUT2D eigenvalue weighted by molar-refractivity contribution is 6.33. The Morgan fingerprint density at radius 3 is 2.79 bits per heavy atom. The number of hydrogen-bond acceptors (Lipinski definition) is 7. The molecular weight excluding hydrogens is 454 g/mol. The Kier molecular flexibility index (Phi) is 5.38. The number of halogens is 1. The molecule has 10 heteroatoms. The Morgan fingerprint density at radius 2 is 2.09 bits per heavy atom. The van der Waals surface area contributed by atoms with E-state index in [1.165, 1.54) is 12.5 Å². The van der Waals surface area contributed by atoms with Crippen molar-refractivity contribution >= 4 is 28.7 Å². The van der Waals surface area contributed by atoms with Crippen molar-refractivity contribution in [3.05, 3.63) is 64.7 Å². The van der Waals surface area contributed by atoms with Crippen LogP contribution in [-0.4, -0.2) is 36.0 Å². The minimum atomic E-state index is -0.438. The van der Waals surface area contributed by atoms with Gasteiger partial charge in [-0.05, 0) is 49.1 Å². The maximum atomic E-state index is 11.3. The number of fused-ring (bicyclic) bond motifs is 1. The maximum absolute atomic E-state index is 11.3. The topological polar surface area (TPSA) is 133 Å². The first-order chi connectivity index (χ1) is 16.3. The lowest BCUT2D eigenvalue weighted by molar-refractivity contribution is -0.117. The summed E-state index contributed by atoms with van der Waals surface area (Å²) in [5.74, 6) is 0.529. The summed E-state index contributed by atoms with van der Waals surface area (Å²) in [5, 5.41) is 9.69. The molecule has 0 saturated heterocycles. The number of amides is 1. The highest BCUT2D eigenvalue weighted by Crippen LogP contribution is 2.41. The van der Waals surface area contributed by atoms with Crippen LogP contribution in [0.5, 0.6) is 5.88 Å². The predicted octanol–water partition coefficient (Wildman–Crippen LogP) is 3.42. The van der Waals surface area contributed by atoms with E-state index in [9.17, 15) is 10.1 Å². The van der Waals surface area contributed by atoms with Gasteiger partial charge in [0.2, 0.25) is 11.8 Å². The second-order valence-electron chi connectivity index (χ2n) is 8.58. The largest absolute Gasteiger partial charge is 0.470 e. The SMILES string of the molecule is CC1(Oc2ncnc3c2nc(-c2ccc(CC(N)=O)cc2Cl)n3Cc2cncc(C#N)c2)CC1. The van der Waals surface area contributed by atoms with E-state index in [4.69, 9.17) is 27.1 Å². The number of rotatable bonds is 7. The number of nitrogens with zero attached hydrogens (tertiary/aromatic N) is 6. The van der Waals surface area contributed by atoms with Gasteiger partial charge in [0.1, 0.15) is 23.8 Å². The van der Waals surface area contributed by atoms with E-state index >= 15 is 0 Å². The van der Waals surface area contributed by atoms with Crippen molar-refractivity contribution in [1.82, 2.24) is 24.5 Å². The van der Waals surface area contributed by atoms with Gasteiger partial charge in [-0.25, -0.2) is 9.97 Å². The average Bonchev–Trinajstić information content (AvgIpc) is 3.42. The standard InChI is InChI=1S/C24H20ClN7O2/c1-24(4-5-24)34-23-20-22(29-13-30-23)32(12-16-6-15(9-26)10-28-11-16)21(31-20)17-3-2-14(7-18(17)25)8-19(27)33/h2-3,6-7,10-11,13H,4-5,8,12H2,1H3,(H2,27,33). The molecular formula is C24H20ClN7O2. The number of aromatic nitrogens is 5. The van der Waals surface area contributed by atoms with Gasteiger partial charge in [0.25, 0.3) is 0 Å². The average molecular weight is 474 g/mol.